The monoisotopic (exact) mass is 266 g/mol. The fourth-order valence-electron chi connectivity index (χ4n) is 3.37. The van der Waals surface area contributed by atoms with Crippen LogP contribution in [-0.4, -0.2) is 48.6 Å². The van der Waals surface area contributed by atoms with Gasteiger partial charge in [-0.25, -0.2) is 0 Å². The Kier molecular flexibility index (Phi) is 3.60. The van der Waals surface area contributed by atoms with Crippen molar-refractivity contribution >= 4 is 0 Å². The van der Waals surface area contributed by atoms with Crippen molar-refractivity contribution in [3.05, 3.63) is 17.0 Å². The zero-order valence-corrected chi connectivity index (χ0v) is 11.9. The quantitative estimate of drug-likeness (QED) is 0.833. The highest BCUT2D eigenvalue weighted by Gasteiger charge is 2.43. The van der Waals surface area contributed by atoms with Crippen molar-refractivity contribution in [2.45, 2.75) is 51.5 Å². The smallest absolute Gasteiger partial charge is 0.138 e. The van der Waals surface area contributed by atoms with Crippen LogP contribution in [0.15, 0.2) is 4.52 Å². The van der Waals surface area contributed by atoms with E-state index in [9.17, 15) is 0 Å². The molecule has 0 radical (unpaired) electrons. The molecule has 0 spiro atoms. The zero-order chi connectivity index (χ0) is 13.4. The average molecular weight is 266 g/mol. The fraction of sp³-hybridized carbons (Fsp3) is 0.786. The first-order valence-corrected chi connectivity index (χ1v) is 7.01. The summed E-state index contributed by atoms with van der Waals surface area (Å²) in [5.74, 6) is 0.932. The highest BCUT2D eigenvalue weighted by Crippen LogP contribution is 2.33. The number of ether oxygens (including phenoxy) is 2. The number of fused-ring (bicyclic) bond motifs is 1. The second kappa shape index (κ2) is 5.23. The maximum Gasteiger partial charge on any atom is 0.138 e. The van der Waals surface area contributed by atoms with E-state index in [1.807, 2.05) is 13.8 Å². The molecule has 0 unspecified atom stereocenters. The van der Waals surface area contributed by atoms with E-state index < -0.39 is 0 Å². The minimum atomic E-state index is 0.222. The summed E-state index contributed by atoms with van der Waals surface area (Å²) in [4.78, 5) is 2.50. The first kappa shape index (κ1) is 13.1. The molecular formula is C14H22N2O3. The molecule has 2 heterocycles. The summed E-state index contributed by atoms with van der Waals surface area (Å²) >= 11 is 0. The normalized spacial score (nSPS) is 31.6. The highest BCUT2D eigenvalue weighted by molar-refractivity contribution is 5.21. The van der Waals surface area contributed by atoms with Crippen molar-refractivity contribution in [1.82, 2.24) is 10.1 Å². The largest absolute Gasteiger partial charge is 0.379 e. The van der Waals surface area contributed by atoms with E-state index in [1.165, 1.54) is 5.56 Å². The Labute approximate surface area is 113 Å². The van der Waals surface area contributed by atoms with E-state index in [-0.39, 0.29) is 12.2 Å². The third-order valence-electron chi connectivity index (χ3n) is 4.50. The molecule has 1 aromatic heterocycles. The summed E-state index contributed by atoms with van der Waals surface area (Å²) in [6.45, 7) is 6.66. The van der Waals surface area contributed by atoms with Gasteiger partial charge in [-0.05, 0) is 26.7 Å². The Balaban J connectivity index is 1.75. The Morgan fingerprint density at radius 1 is 1.37 bits per heavy atom. The molecule has 5 nitrogen and oxygen atoms in total. The first-order valence-electron chi connectivity index (χ1n) is 7.01. The summed E-state index contributed by atoms with van der Waals surface area (Å²) in [6.07, 6.45) is 2.70. The molecule has 2 fully saturated rings. The van der Waals surface area contributed by atoms with Crippen LogP contribution in [-0.2, 0) is 16.0 Å². The molecule has 0 aromatic carbocycles. The van der Waals surface area contributed by atoms with Crippen molar-refractivity contribution in [3.63, 3.8) is 0 Å². The van der Waals surface area contributed by atoms with E-state index >= 15 is 0 Å². The van der Waals surface area contributed by atoms with Gasteiger partial charge < -0.3 is 14.0 Å². The van der Waals surface area contributed by atoms with Gasteiger partial charge in [-0.1, -0.05) is 5.16 Å². The second-order valence-corrected chi connectivity index (χ2v) is 5.53. The van der Waals surface area contributed by atoms with Crippen molar-refractivity contribution in [2.75, 3.05) is 20.3 Å². The Hall–Kier alpha value is -0.910. The van der Waals surface area contributed by atoms with E-state index in [1.54, 1.807) is 7.11 Å². The van der Waals surface area contributed by atoms with Crippen molar-refractivity contribution in [3.8, 4) is 0 Å². The molecule has 5 heteroatoms. The lowest BCUT2D eigenvalue weighted by atomic mass is 10.1. The standard InChI is InChI=1S/C14H22N2O3/c1-9-11(10(2)19-15-9)8-16-6-7-18-14-12(16)4-5-13(14)17-3/h12-14H,4-8H2,1-3H3/t12-,13+,14+/m0/s1. The summed E-state index contributed by atoms with van der Waals surface area (Å²) < 4.78 is 16.7. The SMILES string of the molecule is CO[C@@H]1CC[C@H]2[C@H]1OCCN2Cc1c(C)noc1C. The summed E-state index contributed by atoms with van der Waals surface area (Å²) in [5, 5.41) is 4.04. The summed E-state index contributed by atoms with van der Waals surface area (Å²) in [6, 6.07) is 0.465. The molecule has 3 atom stereocenters. The molecule has 1 saturated carbocycles. The van der Waals surface area contributed by atoms with Crippen LogP contribution in [0.5, 0.6) is 0 Å². The minimum Gasteiger partial charge on any atom is -0.379 e. The predicted molar refractivity (Wildman–Crippen MR) is 69.9 cm³/mol. The predicted octanol–water partition coefficient (Wildman–Crippen LogP) is 1.67. The van der Waals surface area contributed by atoms with E-state index in [0.717, 1.165) is 44.0 Å². The molecule has 1 aromatic rings. The molecule has 0 amide bonds. The van der Waals surface area contributed by atoms with Crippen molar-refractivity contribution < 1.29 is 14.0 Å². The summed E-state index contributed by atoms with van der Waals surface area (Å²) in [5.41, 5.74) is 2.23. The van der Waals surface area contributed by atoms with Gasteiger partial charge in [0.15, 0.2) is 0 Å². The number of morpholine rings is 1. The molecule has 0 bridgehead atoms. The van der Waals surface area contributed by atoms with Crippen molar-refractivity contribution in [1.29, 1.82) is 0 Å². The van der Waals surface area contributed by atoms with E-state index in [4.69, 9.17) is 14.0 Å². The van der Waals surface area contributed by atoms with Gasteiger partial charge in [-0.15, -0.1) is 0 Å². The number of aromatic nitrogens is 1. The van der Waals surface area contributed by atoms with Gasteiger partial charge >= 0.3 is 0 Å². The lowest BCUT2D eigenvalue weighted by Crippen LogP contribution is -2.51. The van der Waals surface area contributed by atoms with Crippen LogP contribution in [0.1, 0.15) is 29.9 Å². The number of methoxy groups -OCH3 is 1. The van der Waals surface area contributed by atoms with Crippen LogP contribution in [0.2, 0.25) is 0 Å². The number of nitrogens with zero attached hydrogens (tertiary/aromatic N) is 2. The van der Waals surface area contributed by atoms with Crippen LogP contribution in [0.25, 0.3) is 0 Å². The molecule has 1 aliphatic heterocycles. The lowest BCUT2D eigenvalue weighted by molar-refractivity contribution is -0.106. The lowest BCUT2D eigenvalue weighted by Gasteiger charge is -2.38. The molecule has 106 valence electrons. The van der Waals surface area contributed by atoms with Crippen LogP contribution in [0.4, 0.5) is 0 Å². The summed E-state index contributed by atoms with van der Waals surface area (Å²) in [7, 11) is 1.78. The molecule has 1 saturated heterocycles. The number of aryl methyl sites for hydroxylation is 2. The second-order valence-electron chi connectivity index (χ2n) is 5.53. The van der Waals surface area contributed by atoms with Crippen LogP contribution < -0.4 is 0 Å². The Morgan fingerprint density at radius 2 is 2.21 bits per heavy atom. The zero-order valence-electron chi connectivity index (χ0n) is 11.9. The number of hydrogen-bond acceptors (Lipinski definition) is 5. The van der Waals surface area contributed by atoms with Crippen LogP contribution >= 0.6 is 0 Å². The van der Waals surface area contributed by atoms with Gasteiger partial charge in [-0.3, -0.25) is 4.90 Å². The molecule has 19 heavy (non-hydrogen) atoms. The van der Waals surface area contributed by atoms with Gasteiger partial charge in [0.05, 0.1) is 24.5 Å². The van der Waals surface area contributed by atoms with Crippen molar-refractivity contribution in [2.24, 2.45) is 0 Å². The highest BCUT2D eigenvalue weighted by atomic mass is 16.5. The molecule has 0 N–H and O–H groups in total. The molecule has 3 rings (SSSR count). The van der Waals surface area contributed by atoms with E-state index in [2.05, 4.69) is 10.1 Å². The maximum absolute atomic E-state index is 5.91. The van der Waals surface area contributed by atoms with Gasteiger partial charge in [0.1, 0.15) is 5.76 Å². The molecule has 2 aliphatic rings. The minimum absolute atomic E-state index is 0.222. The van der Waals surface area contributed by atoms with Gasteiger partial charge in [0, 0.05) is 31.8 Å². The fourth-order valence-corrected chi connectivity index (χ4v) is 3.37. The Bertz CT molecular complexity index is 426. The molecular weight excluding hydrogens is 244 g/mol. The van der Waals surface area contributed by atoms with E-state index in [0.29, 0.717) is 6.04 Å². The maximum atomic E-state index is 5.91. The molecule has 1 aliphatic carbocycles. The van der Waals surface area contributed by atoms with Gasteiger partial charge in [0.25, 0.3) is 0 Å². The van der Waals surface area contributed by atoms with Crippen LogP contribution in [0, 0.1) is 13.8 Å². The Morgan fingerprint density at radius 3 is 2.89 bits per heavy atom. The third kappa shape index (κ3) is 2.30. The topological polar surface area (TPSA) is 47.7 Å². The van der Waals surface area contributed by atoms with Gasteiger partial charge in [0.2, 0.25) is 0 Å². The number of rotatable bonds is 3. The van der Waals surface area contributed by atoms with Crippen LogP contribution in [0.3, 0.4) is 0 Å². The van der Waals surface area contributed by atoms with Gasteiger partial charge in [-0.2, -0.15) is 0 Å². The number of hydrogen-bond donors (Lipinski definition) is 0. The first-order chi connectivity index (χ1) is 9.20. The third-order valence-corrected chi connectivity index (χ3v) is 4.50. The average Bonchev–Trinajstić information content (AvgIpc) is 2.97.